The van der Waals surface area contributed by atoms with Crippen molar-refractivity contribution in [2.24, 2.45) is 0 Å². The number of aromatic nitrogens is 1. The van der Waals surface area contributed by atoms with Crippen LogP contribution in [0, 0.1) is 0 Å². The van der Waals surface area contributed by atoms with Crippen molar-refractivity contribution in [1.29, 1.82) is 0 Å². The molecule has 78 valence electrons. The van der Waals surface area contributed by atoms with E-state index in [1.165, 1.54) is 0 Å². The van der Waals surface area contributed by atoms with Crippen molar-refractivity contribution in [3.63, 3.8) is 0 Å². The molecule has 0 saturated carbocycles. The highest BCUT2D eigenvalue weighted by molar-refractivity contribution is 9.11. The van der Waals surface area contributed by atoms with Gasteiger partial charge >= 0.3 is 0 Å². The van der Waals surface area contributed by atoms with Crippen LogP contribution in [0.1, 0.15) is 12.5 Å². The minimum absolute atomic E-state index is 0.615. The average Bonchev–Trinajstić information content (AvgIpc) is 2.23. The Labute approximate surface area is 105 Å². The fourth-order valence-corrected chi connectivity index (χ4v) is 2.40. The first-order valence-electron chi connectivity index (χ1n) is 4.66. The van der Waals surface area contributed by atoms with Crippen molar-refractivity contribution in [2.75, 3.05) is 5.73 Å². The number of nitrogen functional groups attached to an aromatic ring is 1. The van der Waals surface area contributed by atoms with E-state index in [9.17, 15) is 0 Å². The van der Waals surface area contributed by atoms with E-state index in [4.69, 9.17) is 5.73 Å². The van der Waals surface area contributed by atoms with Gasteiger partial charge in [0.2, 0.25) is 0 Å². The molecule has 0 amide bonds. The third-order valence-electron chi connectivity index (χ3n) is 2.38. The summed E-state index contributed by atoms with van der Waals surface area (Å²) in [6, 6.07) is 6.06. The van der Waals surface area contributed by atoms with Crippen molar-refractivity contribution in [3.8, 4) is 0 Å². The molecule has 2 rings (SSSR count). The topological polar surface area (TPSA) is 38.9 Å². The molecule has 0 aliphatic carbocycles. The van der Waals surface area contributed by atoms with E-state index < -0.39 is 0 Å². The number of fused-ring (bicyclic) bond motifs is 1. The smallest absolute Gasteiger partial charge is 0.127 e. The van der Waals surface area contributed by atoms with Crippen molar-refractivity contribution < 1.29 is 0 Å². The molecular weight excluding hydrogens is 320 g/mol. The van der Waals surface area contributed by atoms with Gasteiger partial charge in [0.1, 0.15) is 5.82 Å². The quantitative estimate of drug-likeness (QED) is 0.861. The SMILES string of the molecule is CCc1cc2c(Br)ccc(Br)c2nc1N. The van der Waals surface area contributed by atoms with Crippen LogP contribution in [0.5, 0.6) is 0 Å². The average molecular weight is 330 g/mol. The van der Waals surface area contributed by atoms with Gasteiger partial charge < -0.3 is 5.73 Å². The van der Waals surface area contributed by atoms with Gasteiger partial charge in [-0.2, -0.15) is 0 Å². The predicted molar refractivity (Wildman–Crippen MR) is 70.9 cm³/mol. The zero-order valence-electron chi connectivity index (χ0n) is 8.22. The summed E-state index contributed by atoms with van der Waals surface area (Å²) in [5.74, 6) is 0.615. The largest absolute Gasteiger partial charge is 0.383 e. The van der Waals surface area contributed by atoms with E-state index in [2.05, 4.69) is 49.8 Å². The van der Waals surface area contributed by atoms with Gasteiger partial charge in [-0.3, -0.25) is 0 Å². The van der Waals surface area contributed by atoms with E-state index in [1.807, 2.05) is 12.1 Å². The molecule has 0 aliphatic rings. The van der Waals surface area contributed by atoms with Crippen molar-refractivity contribution in [3.05, 3.63) is 32.7 Å². The number of hydrogen-bond acceptors (Lipinski definition) is 2. The van der Waals surface area contributed by atoms with E-state index >= 15 is 0 Å². The Balaban J connectivity index is 2.86. The number of halogens is 2. The number of nitrogens with two attached hydrogens (primary N) is 1. The van der Waals surface area contributed by atoms with Crippen LogP contribution >= 0.6 is 31.9 Å². The molecule has 2 nitrogen and oxygen atoms in total. The summed E-state index contributed by atoms with van der Waals surface area (Å²) in [6.45, 7) is 2.07. The third kappa shape index (κ3) is 1.88. The summed E-state index contributed by atoms with van der Waals surface area (Å²) in [6.07, 6.45) is 0.897. The second-order valence-electron chi connectivity index (χ2n) is 3.31. The van der Waals surface area contributed by atoms with E-state index in [-0.39, 0.29) is 0 Å². The van der Waals surface area contributed by atoms with E-state index in [1.54, 1.807) is 0 Å². The second kappa shape index (κ2) is 4.10. The highest BCUT2D eigenvalue weighted by Gasteiger charge is 2.07. The van der Waals surface area contributed by atoms with Gasteiger partial charge in [0.05, 0.1) is 5.52 Å². The number of aryl methyl sites for hydroxylation is 1. The lowest BCUT2D eigenvalue weighted by Crippen LogP contribution is -1.97. The van der Waals surface area contributed by atoms with Gasteiger partial charge in [0, 0.05) is 14.3 Å². The highest BCUT2D eigenvalue weighted by atomic mass is 79.9. The summed E-state index contributed by atoms with van der Waals surface area (Å²) in [4.78, 5) is 4.41. The molecule has 0 bridgehead atoms. The number of pyridine rings is 1. The fraction of sp³-hybridized carbons (Fsp3) is 0.182. The van der Waals surface area contributed by atoms with Crippen LogP contribution in [-0.4, -0.2) is 4.98 Å². The van der Waals surface area contributed by atoms with Crippen molar-refractivity contribution in [1.82, 2.24) is 4.98 Å². The predicted octanol–water partition coefficient (Wildman–Crippen LogP) is 3.90. The molecule has 0 spiro atoms. The lowest BCUT2D eigenvalue weighted by molar-refractivity contribution is 1.13. The number of hydrogen-bond donors (Lipinski definition) is 1. The zero-order chi connectivity index (χ0) is 11.0. The van der Waals surface area contributed by atoms with Crippen LogP contribution in [0.15, 0.2) is 27.1 Å². The Bertz CT molecular complexity index is 523. The minimum Gasteiger partial charge on any atom is -0.383 e. The van der Waals surface area contributed by atoms with E-state index in [0.717, 1.165) is 31.8 Å². The molecule has 1 aromatic carbocycles. The molecule has 0 aliphatic heterocycles. The Kier molecular flexibility index (Phi) is 2.98. The monoisotopic (exact) mass is 328 g/mol. The number of benzene rings is 1. The molecule has 0 radical (unpaired) electrons. The van der Waals surface area contributed by atoms with Gasteiger partial charge in [0.15, 0.2) is 0 Å². The summed E-state index contributed by atoms with van der Waals surface area (Å²) in [5, 5.41) is 1.09. The number of nitrogens with zero attached hydrogens (tertiary/aromatic N) is 1. The Morgan fingerprint density at radius 1 is 1.27 bits per heavy atom. The van der Waals surface area contributed by atoms with Crippen molar-refractivity contribution in [2.45, 2.75) is 13.3 Å². The van der Waals surface area contributed by atoms with Gasteiger partial charge in [-0.05, 0) is 46.1 Å². The molecule has 15 heavy (non-hydrogen) atoms. The standard InChI is InChI=1S/C11H10Br2N2/c1-2-6-5-7-8(12)3-4-9(13)10(7)15-11(6)14/h3-5H,2H2,1H3,(H2,14,15). The number of rotatable bonds is 1. The lowest BCUT2D eigenvalue weighted by atomic mass is 10.1. The first kappa shape index (κ1) is 10.9. The normalized spacial score (nSPS) is 10.9. The molecular formula is C11H10Br2N2. The third-order valence-corrected chi connectivity index (χ3v) is 3.71. The summed E-state index contributed by atoms with van der Waals surface area (Å²) in [5.41, 5.74) is 7.86. The maximum atomic E-state index is 5.87. The minimum atomic E-state index is 0.615. The first-order chi connectivity index (χ1) is 7.13. The van der Waals surface area contributed by atoms with Crippen LogP contribution in [0.25, 0.3) is 10.9 Å². The first-order valence-corrected chi connectivity index (χ1v) is 6.25. The lowest BCUT2D eigenvalue weighted by Gasteiger charge is -2.07. The van der Waals surface area contributed by atoms with Crippen LogP contribution in [0.2, 0.25) is 0 Å². The van der Waals surface area contributed by atoms with Crippen molar-refractivity contribution >= 4 is 48.6 Å². The van der Waals surface area contributed by atoms with Crippen LogP contribution in [0.4, 0.5) is 5.82 Å². The molecule has 1 heterocycles. The maximum absolute atomic E-state index is 5.87. The van der Waals surface area contributed by atoms with Gasteiger partial charge in [-0.25, -0.2) is 4.98 Å². The Morgan fingerprint density at radius 3 is 2.60 bits per heavy atom. The Morgan fingerprint density at radius 2 is 1.93 bits per heavy atom. The highest BCUT2D eigenvalue weighted by Crippen LogP contribution is 2.31. The zero-order valence-corrected chi connectivity index (χ0v) is 11.4. The van der Waals surface area contributed by atoms with Gasteiger partial charge in [0.25, 0.3) is 0 Å². The summed E-state index contributed by atoms with van der Waals surface area (Å²) < 4.78 is 2.01. The fourth-order valence-electron chi connectivity index (χ4n) is 1.53. The summed E-state index contributed by atoms with van der Waals surface area (Å²) >= 11 is 6.99. The maximum Gasteiger partial charge on any atom is 0.127 e. The molecule has 0 fully saturated rings. The second-order valence-corrected chi connectivity index (χ2v) is 5.02. The van der Waals surface area contributed by atoms with Crippen LogP contribution in [-0.2, 0) is 6.42 Å². The molecule has 0 saturated heterocycles. The molecule has 2 aromatic rings. The van der Waals surface area contributed by atoms with Gasteiger partial charge in [-0.1, -0.05) is 22.9 Å². The molecule has 2 N–H and O–H groups in total. The molecule has 0 atom stereocenters. The number of anilines is 1. The molecule has 1 aromatic heterocycles. The van der Waals surface area contributed by atoms with E-state index in [0.29, 0.717) is 5.82 Å². The van der Waals surface area contributed by atoms with Crippen LogP contribution < -0.4 is 5.73 Å². The summed E-state index contributed by atoms with van der Waals surface area (Å²) in [7, 11) is 0. The van der Waals surface area contributed by atoms with Crippen LogP contribution in [0.3, 0.4) is 0 Å². The Hall–Kier alpha value is -0.610. The molecule has 0 unspecified atom stereocenters. The molecule has 4 heteroatoms. The van der Waals surface area contributed by atoms with Gasteiger partial charge in [-0.15, -0.1) is 0 Å².